The summed E-state index contributed by atoms with van der Waals surface area (Å²) >= 11 is 0. The zero-order chi connectivity index (χ0) is 14.2. The summed E-state index contributed by atoms with van der Waals surface area (Å²) in [6.07, 6.45) is 2.34. The zero-order valence-electron chi connectivity index (χ0n) is 12.9. The Morgan fingerprint density at radius 2 is 1.28 bits per heavy atom. The average Bonchev–Trinajstić information content (AvgIpc) is 2.32. The number of aliphatic hydroxyl groups excluding tert-OH is 2. The van der Waals surface area contributed by atoms with Crippen LogP contribution < -0.4 is 0 Å². The summed E-state index contributed by atoms with van der Waals surface area (Å²) in [6, 6.07) is 0. The topological polar surface area (TPSA) is 43.7 Å². The Hall–Kier alpha value is -0.120. The van der Waals surface area contributed by atoms with Crippen molar-refractivity contribution >= 4 is 0 Å². The van der Waals surface area contributed by atoms with Crippen LogP contribution in [0.15, 0.2) is 0 Å². The van der Waals surface area contributed by atoms with Crippen LogP contribution in [0.4, 0.5) is 0 Å². The predicted molar refractivity (Wildman–Crippen MR) is 77.6 cm³/mol. The Labute approximate surface area is 113 Å². The quantitative estimate of drug-likeness (QED) is 0.633. The highest BCUT2D eigenvalue weighted by molar-refractivity contribution is 4.77. The van der Waals surface area contributed by atoms with Crippen LogP contribution in [-0.4, -0.2) is 48.0 Å². The molecule has 0 unspecified atom stereocenters. The van der Waals surface area contributed by atoms with Crippen LogP contribution in [0.5, 0.6) is 0 Å². The maximum Gasteiger partial charge on any atom is 0.0519 e. The van der Waals surface area contributed by atoms with E-state index in [0.29, 0.717) is 11.8 Å². The molecular weight excluding hydrogens is 226 g/mol. The molecule has 0 atom stereocenters. The van der Waals surface area contributed by atoms with Crippen molar-refractivity contribution in [1.82, 2.24) is 4.90 Å². The van der Waals surface area contributed by atoms with Gasteiger partial charge in [0.25, 0.3) is 0 Å². The molecule has 0 aliphatic heterocycles. The van der Waals surface area contributed by atoms with Gasteiger partial charge in [-0.3, -0.25) is 0 Å². The third kappa shape index (κ3) is 8.06. The number of hydrogen-bond acceptors (Lipinski definition) is 3. The van der Waals surface area contributed by atoms with Crippen LogP contribution >= 0.6 is 0 Å². The van der Waals surface area contributed by atoms with E-state index in [1.807, 2.05) is 6.92 Å². The Balaban J connectivity index is 4.35. The third-order valence-corrected chi connectivity index (χ3v) is 3.41. The second-order valence-corrected chi connectivity index (χ2v) is 6.77. The molecule has 0 spiro atoms. The van der Waals surface area contributed by atoms with Gasteiger partial charge in [-0.05, 0) is 37.8 Å². The molecule has 2 N–H and O–H groups in total. The molecule has 0 aliphatic carbocycles. The van der Waals surface area contributed by atoms with Crippen LogP contribution in [0.2, 0.25) is 0 Å². The molecule has 0 aromatic carbocycles. The summed E-state index contributed by atoms with van der Waals surface area (Å²) in [4.78, 5) is 2.40. The first-order valence-electron chi connectivity index (χ1n) is 7.27. The highest BCUT2D eigenvalue weighted by Crippen LogP contribution is 2.18. The van der Waals surface area contributed by atoms with Gasteiger partial charge in [-0.1, -0.05) is 34.6 Å². The van der Waals surface area contributed by atoms with E-state index in [1.54, 1.807) is 0 Å². The van der Waals surface area contributed by atoms with Gasteiger partial charge in [0.2, 0.25) is 0 Å². The lowest BCUT2D eigenvalue weighted by Crippen LogP contribution is -2.42. The summed E-state index contributed by atoms with van der Waals surface area (Å²) in [6.45, 7) is 13.9. The van der Waals surface area contributed by atoms with Crippen molar-refractivity contribution in [2.75, 3.05) is 32.8 Å². The van der Waals surface area contributed by atoms with E-state index < -0.39 is 0 Å². The Morgan fingerprint density at radius 1 is 0.889 bits per heavy atom. The maximum absolute atomic E-state index is 9.40. The van der Waals surface area contributed by atoms with Gasteiger partial charge in [-0.2, -0.15) is 0 Å². The predicted octanol–water partition coefficient (Wildman–Crippen LogP) is 2.37. The smallest absolute Gasteiger partial charge is 0.0519 e. The highest BCUT2D eigenvalue weighted by Gasteiger charge is 2.25. The third-order valence-electron chi connectivity index (χ3n) is 3.41. The van der Waals surface area contributed by atoms with Crippen LogP contribution in [0.3, 0.4) is 0 Å². The first-order chi connectivity index (χ1) is 8.33. The SMILES string of the molecule is CC(C)CCN(CCC(C)C)CC(C)(CO)CO. The highest BCUT2D eigenvalue weighted by atomic mass is 16.3. The molecule has 0 radical (unpaired) electrons. The number of nitrogens with zero attached hydrogens (tertiary/aromatic N) is 1. The average molecular weight is 259 g/mol. The van der Waals surface area contributed by atoms with Gasteiger partial charge in [0, 0.05) is 12.0 Å². The lowest BCUT2D eigenvalue weighted by Gasteiger charge is -2.33. The maximum atomic E-state index is 9.40. The Bertz CT molecular complexity index is 189. The van der Waals surface area contributed by atoms with Crippen molar-refractivity contribution in [3.05, 3.63) is 0 Å². The van der Waals surface area contributed by atoms with Crippen LogP contribution in [0.1, 0.15) is 47.5 Å². The molecule has 0 amide bonds. The molecule has 0 bridgehead atoms. The minimum Gasteiger partial charge on any atom is -0.396 e. The molecular formula is C15H33NO2. The first-order valence-corrected chi connectivity index (χ1v) is 7.27. The lowest BCUT2D eigenvalue weighted by molar-refractivity contribution is 0.0326. The Morgan fingerprint density at radius 3 is 1.56 bits per heavy atom. The van der Waals surface area contributed by atoms with E-state index in [4.69, 9.17) is 0 Å². The summed E-state index contributed by atoms with van der Waals surface area (Å²) in [5.41, 5.74) is -0.381. The molecule has 3 nitrogen and oxygen atoms in total. The van der Waals surface area contributed by atoms with Crippen molar-refractivity contribution in [3.63, 3.8) is 0 Å². The molecule has 0 aromatic rings. The van der Waals surface area contributed by atoms with E-state index in [2.05, 4.69) is 32.6 Å². The fourth-order valence-corrected chi connectivity index (χ4v) is 1.84. The summed E-state index contributed by atoms with van der Waals surface area (Å²) < 4.78 is 0. The molecule has 0 rings (SSSR count). The van der Waals surface area contributed by atoms with Crippen molar-refractivity contribution in [2.45, 2.75) is 47.5 Å². The van der Waals surface area contributed by atoms with Crippen LogP contribution in [0.25, 0.3) is 0 Å². The second kappa shape index (κ2) is 8.89. The fraction of sp³-hybridized carbons (Fsp3) is 1.00. The fourth-order valence-electron chi connectivity index (χ4n) is 1.84. The molecule has 18 heavy (non-hydrogen) atoms. The largest absolute Gasteiger partial charge is 0.396 e. The molecule has 0 fully saturated rings. The van der Waals surface area contributed by atoms with Gasteiger partial charge in [0.05, 0.1) is 13.2 Å². The van der Waals surface area contributed by atoms with Crippen LogP contribution in [0, 0.1) is 17.3 Å². The second-order valence-electron chi connectivity index (χ2n) is 6.77. The van der Waals surface area contributed by atoms with Crippen molar-refractivity contribution < 1.29 is 10.2 Å². The number of rotatable bonds is 10. The molecule has 0 aliphatic rings. The standard InChI is InChI=1S/C15H33NO2/c1-13(2)6-8-16(9-7-14(3)4)10-15(5,11-17)12-18/h13-14,17-18H,6-12H2,1-5H3. The van der Waals surface area contributed by atoms with E-state index in [-0.39, 0.29) is 18.6 Å². The molecule has 0 heterocycles. The molecule has 3 heteroatoms. The van der Waals surface area contributed by atoms with Gasteiger partial charge in [0.1, 0.15) is 0 Å². The Kier molecular flexibility index (Phi) is 8.83. The minimum absolute atomic E-state index is 0.0450. The van der Waals surface area contributed by atoms with Crippen molar-refractivity contribution in [3.8, 4) is 0 Å². The monoisotopic (exact) mass is 259 g/mol. The number of aliphatic hydroxyl groups is 2. The van der Waals surface area contributed by atoms with Gasteiger partial charge in [0.15, 0.2) is 0 Å². The van der Waals surface area contributed by atoms with Gasteiger partial charge in [-0.25, -0.2) is 0 Å². The molecule has 0 aromatic heterocycles. The molecule has 0 saturated heterocycles. The van der Waals surface area contributed by atoms with Gasteiger partial charge in [-0.15, -0.1) is 0 Å². The first kappa shape index (κ1) is 17.9. The summed E-state index contributed by atoms with van der Waals surface area (Å²) in [7, 11) is 0. The van der Waals surface area contributed by atoms with Gasteiger partial charge < -0.3 is 15.1 Å². The van der Waals surface area contributed by atoms with Crippen molar-refractivity contribution in [1.29, 1.82) is 0 Å². The molecule has 0 saturated carbocycles. The zero-order valence-corrected chi connectivity index (χ0v) is 12.9. The van der Waals surface area contributed by atoms with E-state index in [9.17, 15) is 10.2 Å². The van der Waals surface area contributed by atoms with E-state index in [0.717, 1.165) is 19.6 Å². The van der Waals surface area contributed by atoms with Gasteiger partial charge >= 0.3 is 0 Å². The minimum atomic E-state index is -0.381. The normalized spacial score (nSPS) is 13.0. The summed E-state index contributed by atoms with van der Waals surface area (Å²) in [5, 5.41) is 18.8. The number of hydrogen-bond donors (Lipinski definition) is 2. The van der Waals surface area contributed by atoms with Crippen molar-refractivity contribution in [2.24, 2.45) is 17.3 Å². The lowest BCUT2D eigenvalue weighted by atomic mass is 9.91. The van der Waals surface area contributed by atoms with E-state index in [1.165, 1.54) is 12.8 Å². The van der Waals surface area contributed by atoms with Crippen LogP contribution in [-0.2, 0) is 0 Å². The molecule has 110 valence electrons. The van der Waals surface area contributed by atoms with E-state index >= 15 is 0 Å². The summed E-state index contributed by atoms with van der Waals surface area (Å²) in [5.74, 6) is 1.39.